The van der Waals surface area contributed by atoms with Crippen LogP contribution < -0.4 is 10.2 Å². The van der Waals surface area contributed by atoms with Gasteiger partial charge in [-0.25, -0.2) is 0 Å². The van der Waals surface area contributed by atoms with Crippen molar-refractivity contribution >= 4 is 34.7 Å². The van der Waals surface area contributed by atoms with Gasteiger partial charge in [0.2, 0.25) is 17.7 Å². The zero-order valence-electron chi connectivity index (χ0n) is 18.6. The maximum absolute atomic E-state index is 13.3. The van der Waals surface area contributed by atoms with Crippen LogP contribution in [0.25, 0.3) is 0 Å². The van der Waals surface area contributed by atoms with Gasteiger partial charge in [-0.2, -0.15) is 0 Å². The molecule has 2 saturated heterocycles. The topological polar surface area (TPSA) is 69.7 Å². The van der Waals surface area contributed by atoms with Gasteiger partial charge >= 0.3 is 0 Å². The second-order valence-electron chi connectivity index (χ2n) is 8.69. The lowest BCUT2D eigenvalue weighted by Crippen LogP contribution is -2.49. The Labute approximate surface area is 193 Å². The summed E-state index contributed by atoms with van der Waals surface area (Å²) >= 11 is 1.58. The second-order valence-corrected chi connectivity index (χ2v) is 9.67. The van der Waals surface area contributed by atoms with Crippen LogP contribution in [-0.2, 0) is 14.4 Å². The fourth-order valence-corrected chi connectivity index (χ4v) is 5.56. The minimum Gasteiger partial charge on any atom is -0.354 e. The van der Waals surface area contributed by atoms with Crippen LogP contribution in [-0.4, -0.2) is 42.3 Å². The number of carbonyl (C=O) groups is 3. The molecule has 4 rings (SSSR count). The van der Waals surface area contributed by atoms with E-state index in [1.165, 1.54) is 0 Å². The van der Waals surface area contributed by atoms with Gasteiger partial charge in [0, 0.05) is 43.0 Å². The summed E-state index contributed by atoms with van der Waals surface area (Å²) in [4.78, 5) is 43.2. The van der Waals surface area contributed by atoms with Crippen molar-refractivity contribution < 1.29 is 14.4 Å². The molecule has 1 N–H and O–H groups in total. The first-order chi connectivity index (χ1) is 15.5. The molecule has 0 saturated carbocycles. The number of carbonyl (C=O) groups excluding carboxylic acids is 3. The molecule has 2 atom stereocenters. The summed E-state index contributed by atoms with van der Waals surface area (Å²) < 4.78 is 0. The largest absolute Gasteiger partial charge is 0.354 e. The van der Waals surface area contributed by atoms with Crippen molar-refractivity contribution in [2.24, 2.45) is 5.92 Å². The van der Waals surface area contributed by atoms with Crippen LogP contribution in [0.1, 0.15) is 55.0 Å². The predicted molar refractivity (Wildman–Crippen MR) is 127 cm³/mol. The highest BCUT2D eigenvalue weighted by molar-refractivity contribution is 7.10. The molecule has 7 heteroatoms. The van der Waals surface area contributed by atoms with E-state index in [1.807, 2.05) is 53.6 Å². The Morgan fingerprint density at radius 3 is 2.62 bits per heavy atom. The summed E-state index contributed by atoms with van der Waals surface area (Å²) in [5.74, 6) is -0.142. The van der Waals surface area contributed by atoms with Crippen LogP contribution >= 0.6 is 11.3 Å². The third-order valence-corrected chi connectivity index (χ3v) is 7.38. The number of likely N-dealkylation sites (tertiary alicyclic amines) is 1. The normalized spacial score (nSPS) is 22.0. The molecule has 1 aromatic heterocycles. The number of nitrogens with one attached hydrogen (secondary N) is 1. The van der Waals surface area contributed by atoms with E-state index in [0.29, 0.717) is 32.4 Å². The van der Waals surface area contributed by atoms with E-state index in [9.17, 15) is 14.4 Å². The van der Waals surface area contributed by atoms with Gasteiger partial charge in [0.15, 0.2) is 0 Å². The molecule has 0 spiro atoms. The van der Waals surface area contributed by atoms with Crippen LogP contribution in [0.15, 0.2) is 41.8 Å². The third-order valence-electron chi connectivity index (χ3n) is 6.43. The first-order valence-corrected chi connectivity index (χ1v) is 12.4. The van der Waals surface area contributed by atoms with Crippen molar-refractivity contribution in [1.82, 2.24) is 10.2 Å². The van der Waals surface area contributed by atoms with Crippen molar-refractivity contribution in [1.29, 1.82) is 0 Å². The first-order valence-electron chi connectivity index (χ1n) is 11.5. The predicted octanol–water partition coefficient (Wildman–Crippen LogP) is 4.06. The smallest absolute Gasteiger partial charge is 0.227 e. The molecule has 32 heavy (non-hydrogen) atoms. The summed E-state index contributed by atoms with van der Waals surface area (Å²) in [5.41, 5.74) is 1.95. The summed E-state index contributed by atoms with van der Waals surface area (Å²) in [5, 5.41) is 5.05. The van der Waals surface area contributed by atoms with E-state index >= 15 is 0 Å². The minimum absolute atomic E-state index is 0.0460. The molecular formula is C25H31N3O3S. The molecule has 2 unspecified atom stereocenters. The molecule has 3 amide bonds. The lowest BCUT2D eigenvalue weighted by Gasteiger charge is -2.40. The summed E-state index contributed by atoms with van der Waals surface area (Å²) in [6, 6.07) is 11.6. The van der Waals surface area contributed by atoms with E-state index in [2.05, 4.69) is 5.32 Å². The fraction of sp³-hybridized carbons (Fsp3) is 0.480. The maximum Gasteiger partial charge on any atom is 0.227 e. The Kier molecular flexibility index (Phi) is 7.25. The Morgan fingerprint density at radius 1 is 1.06 bits per heavy atom. The Balaban J connectivity index is 1.49. The van der Waals surface area contributed by atoms with Gasteiger partial charge in [-0.05, 0) is 49.8 Å². The van der Waals surface area contributed by atoms with E-state index in [4.69, 9.17) is 0 Å². The lowest BCUT2D eigenvalue weighted by atomic mass is 9.86. The van der Waals surface area contributed by atoms with Gasteiger partial charge < -0.3 is 15.1 Å². The van der Waals surface area contributed by atoms with E-state index in [0.717, 1.165) is 41.9 Å². The zero-order chi connectivity index (χ0) is 22.5. The minimum atomic E-state index is -0.326. The standard InChI is InChI=1S/C25H31N3O3S/c1-18-8-10-19(11-9-18)28-23(30)13-12-20(24(28)21-6-5-17-32-21)25(31)26-14-16-27-15-4-2-3-7-22(27)29/h5-6,8-11,17,20,24H,2-4,7,12-16H2,1H3,(H,26,31). The number of amides is 3. The molecule has 6 nitrogen and oxygen atoms in total. The highest BCUT2D eigenvalue weighted by Crippen LogP contribution is 2.41. The molecule has 2 aliphatic heterocycles. The van der Waals surface area contributed by atoms with Crippen molar-refractivity contribution in [2.45, 2.75) is 51.5 Å². The van der Waals surface area contributed by atoms with Gasteiger partial charge in [-0.1, -0.05) is 30.2 Å². The molecule has 170 valence electrons. The number of aryl methyl sites for hydroxylation is 1. The maximum atomic E-state index is 13.3. The number of benzene rings is 1. The highest BCUT2D eigenvalue weighted by atomic mass is 32.1. The Morgan fingerprint density at radius 2 is 1.88 bits per heavy atom. The summed E-state index contributed by atoms with van der Waals surface area (Å²) in [7, 11) is 0. The molecule has 0 aliphatic carbocycles. The quantitative estimate of drug-likeness (QED) is 0.717. The van der Waals surface area contributed by atoms with Crippen molar-refractivity contribution in [2.75, 3.05) is 24.5 Å². The lowest BCUT2D eigenvalue weighted by molar-refractivity contribution is -0.132. The van der Waals surface area contributed by atoms with Crippen molar-refractivity contribution in [3.05, 3.63) is 52.2 Å². The van der Waals surface area contributed by atoms with E-state index < -0.39 is 0 Å². The first kappa shape index (κ1) is 22.5. The van der Waals surface area contributed by atoms with E-state index in [1.54, 1.807) is 16.2 Å². The molecule has 2 aromatic rings. The SMILES string of the molecule is Cc1ccc(N2C(=O)CCC(C(=O)NCCN3CCCCCC3=O)C2c2cccs2)cc1. The van der Waals surface area contributed by atoms with Gasteiger partial charge in [0.05, 0.1) is 12.0 Å². The van der Waals surface area contributed by atoms with Gasteiger partial charge in [-0.15, -0.1) is 11.3 Å². The van der Waals surface area contributed by atoms with Crippen molar-refractivity contribution in [3.8, 4) is 0 Å². The van der Waals surface area contributed by atoms with Gasteiger partial charge in [0.25, 0.3) is 0 Å². The van der Waals surface area contributed by atoms with Crippen LogP contribution in [0.4, 0.5) is 5.69 Å². The van der Waals surface area contributed by atoms with Gasteiger partial charge in [0.1, 0.15) is 0 Å². The number of anilines is 1. The second kappa shape index (κ2) is 10.3. The monoisotopic (exact) mass is 453 g/mol. The number of thiophene rings is 1. The molecule has 2 fully saturated rings. The Bertz CT molecular complexity index is 942. The number of piperidine rings is 1. The molecule has 0 radical (unpaired) electrons. The highest BCUT2D eigenvalue weighted by Gasteiger charge is 2.41. The third kappa shape index (κ3) is 5.04. The number of hydrogen-bond donors (Lipinski definition) is 1. The van der Waals surface area contributed by atoms with E-state index in [-0.39, 0.29) is 29.7 Å². The summed E-state index contributed by atoms with van der Waals surface area (Å²) in [6.45, 7) is 3.77. The molecule has 3 heterocycles. The molecule has 2 aliphatic rings. The molecule has 0 bridgehead atoms. The number of hydrogen-bond acceptors (Lipinski definition) is 4. The van der Waals surface area contributed by atoms with Crippen LogP contribution in [0.3, 0.4) is 0 Å². The number of rotatable bonds is 6. The molecular weight excluding hydrogens is 422 g/mol. The fourth-order valence-electron chi connectivity index (χ4n) is 4.68. The Hall–Kier alpha value is -2.67. The zero-order valence-corrected chi connectivity index (χ0v) is 19.4. The summed E-state index contributed by atoms with van der Waals surface area (Å²) in [6.07, 6.45) is 4.54. The molecule has 1 aromatic carbocycles. The van der Waals surface area contributed by atoms with Crippen LogP contribution in [0, 0.1) is 12.8 Å². The van der Waals surface area contributed by atoms with Crippen LogP contribution in [0.5, 0.6) is 0 Å². The number of nitrogens with zero attached hydrogens (tertiary/aromatic N) is 2. The average molecular weight is 454 g/mol. The average Bonchev–Trinajstić information content (AvgIpc) is 3.24. The van der Waals surface area contributed by atoms with Crippen LogP contribution in [0.2, 0.25) is 0 Å². The van der Waals surface area contributed by atoms with Crippen molar-refractivity contribution in [3.63, 3.8) is 0 Å². The van der Waals surface area contributed by atoms with Gasteiger partial charge in [-0.3, -0.25) is 14.4 Å².